The summed E-state index contributed by atoms with van der Waals surface area (Å²) in [5.74, 6) is 0. The monoisotopic (exact) mass is 380 g/mol. The zero-order valence-electron chi connectivity index (χ0n) is 14.1. The molecule has 0 spiro atoms. The molecule has 0 fully saturated rings. The Balaban J connectivity index is 1.93. The molecule has 1 N–H and O–H groups in total. The summed E-state index contributed by atoms with van der Waals surface area (Å²) in [6, 6.07) is 2.06. The lowest BCUT2D eigenvalue weighted by molar-refractivity contribution is 0.526. The van der Waals surface area contributed by atoms with Gasteiger partial charge in [0, 0.05) is 13.1 Å². The van der Waals surface area contributed by atoms with Crippen molar-refractivity contribution in [3.05, 3.63) is 48.5 Å². The number of aryl methyl sites for hydroxylation is 2. The number of aromatic amines is 1. The van der Waals surface area contributed by atoms with Crippen molar-refractivity contribution in [2.24, 2.45) is 0 Å². The third-order valence-corrected chi connectivity index (χ3v) is 5.16. The van der Waals surface area contributed by atoms with Gasteiger partial charge in [0.2, 0.25) is 5.28 Å². The zero-order chi connectivity index (χ0) is 17.8. The van der Waals surface area contributed by atoms with Crippen LogP contribution in [0.25, 0.3) is 11.2 Å². The molecule has 0 saturated carbocycles. The predicted molar refractivity (Wildman–Crippen MR) is 102 cm³/mol. The number of aromatic nitrogens is 4. The highest BCUT2D eigenvalue weighted by Gasteiger charge is 2.16. The Morgan fingerprint density at radius 3 is 2.72 bits per heavy atom. The van der Waals surface area contributed by atoms with Crippen molar-refractivity contribution >= 4 is 34.1 Å². The molecule has 0 aliphatic rings. The normalized spacial score (nSPS) is 11.4. The molecule has 3 heterocycles. The van der Waals surface area contributed by atoms with Gasteiger partial charge in [0.05, 0.1) is 0 Å². The highest BCUT2D eigenvalue weighted by molar-refractivity contribution is 7.07. The van der Waals surface area contributed by atoms with E-state index in [0.29, 0.717) is 24.3 Å². The smallest absolute Gasteiger partial charge is 0.323 e. The molecule has 0 aliphatic heterocycles. The minimum absolute atomic E-state index is 0.131. The van der Waals surface area contributed by atoms with E-state index in [0.717, 1.165) is 32.1 Å². The summed E-state index contributed by atoms with van der Waals surface area (Å²) in [6.07, 6.45) is 4.51. The number of hydrogen-bond acceptors (Lipinski definition) is 4. The first-order valence-corrected chi connectivity index (χ1v) is 9.83. The van der Waals surface area contributed by atoms with Crippen LogP contribution in [0.4, 0.5) is 0 Å². The fourth-order valence-electron chi connectivity index (χ4n) is 2.93. The van der Waals surface area contributed by atoms with Crippen LogP contribution in [0.5, 0.6) is 0 Å². The number of unbranched alkanes of at least 4 members (excludes halogenated alkanes) is 2. The summed E-state index contributed by atoms with van der Waals surface area (Å²) in [5.41, 5.74) is 1.23. The Morgan fingerprint density at radius 2 is 2.00 bits per heavy atom. The van der Waals surface area contributed by atoms with E-state index in [1.165, 1.54) is 10.1 Å². The van der Waals surface area contributed by atoms with Crippen LogP contribution in [-0.4, -0.2) is 19.1 Å². The third kappa shape index (κ3) is 3.88. The number of nitrogens with one attached hydrogen (secondary N) is 1. The minimum Gasteiger partial charge on any atom is -0.323 e. The average molecular weight is 381 g/mol. The molecule has 8 heteroatoms. The first-order chi connectivity index (χ1) is 12.1. The van der Waals surface area contributed by atoms with Crippen LogP contribution in [-0.2, 0) is 19.5 Å². The van der Waals surface area contributed by atoms with E-state index in [1.807, 2.05) is 5.38 Å². The molecular weight excluding hydrogens is 360 g/mol. The Bertz CT molecular complexity index is 956. The van der Waals surface area contributed by atoms with Gasteiger partial charge in [0.15, 0.2) is 11.2 Å². The van der Waals surface area contributed by atoms with Gasteiger partial charge in [-0.2, -0.15) is 16.3 Å². The first kappa shape index (κ1) is 17.9. The second-order valence-corrected chi connectivity index (χ2v) is 7.20. The van der Waals surface area contributed by atoms with Crippen LogP contribution >= 0.6 is 22.9 Å². The van der Waals surface area contributed by atoms with E-state index in [2.05, 4.69) is 28.3 Å². The van der Waals surface area contributed by atoms with Crippen LogP contribution in [0, 0.1) is 0 Å². The summed E-state index contributed by atoms with van der Waals surface area (Å²) in [7, 11) is 0. The highest BCUT2D eigenvalue weighted by Crippen LogP contribution is 2.12. The number of hydrogen-bond donors (Lipinski definition) is 1. The van der Waals surface area contributed by atoms with Gasteiger partial charge in [-0.3, -0.25) is 13.9 Å². The summed E-state index contributed by atoms with van der Waals surface area (Å²) in [5, 5.41) is 4.25. The molecule has 3 rings (SSSR count). The molecule has 0 radical (unpaired) electrons. The van der Waals surface area contributed by atoms with Crippen molar-refractivity contribution in [2.75, 3.05) is 0 Å². The molecule has 3 aromatic rings. The summed E-state index contributed by atoms with van der Waals surface area (Å²) >= 11 is 7.58. The van der Waals surface area contributed by atoms with E-state index in [-0.39, 0.29) is 16.5 Å². The fraction of sp³-hybridized carbons (Fsp3) is 0.471. The molecular formula is C17H21ClN4O2S. The summed E-state index contributed by atoms with van der Waals surface area (Å²) < 4.78 is 2.87. The predicted octanol–water partition coefficient (Wildman–Crippen LogP) is 3.42. The molecule has 0 unspecified atom stereocenters. The van der Waals surface area contributed by atoms with Gasteiger partial charge in [0.1, 0.15) is 0 Å². The van der Waals surface area contributed by atoms with Crippen molar-refractivity contribution in [1.29, 1.82) is 0 Å². The largest absolute Gasteiger partial charge is 0.332 e. The molecule has 0 atom stereocenters. The van der Waals surface area contributed by atoms with E-state index >= 15 is 0 Å². The summed E-state index contributed by atoms with van der Waals surface area (Å²) in [4.78, 5) is 32.4. The van der Waals surface area contributed by atoms with Crippen molar-refractivity contribution in [3.63, 3.8) is 0 Å². The third-order valence-electron chi connectivity index (χ3n) is 4.24. The van der Waals surface area contributed by atoms with E-state index < -0.39 is 0 Å². The van der Waals surface area contributed by atoms with Gasteiger partial charge in [-0.05, 0) is 53.3 Å². The van der Waals surface area contributed by atoms with Gasteiger partial charge in [-0.25, -0.2) is 4.79 Å². The standard InChI is InChI=1S/C17H21ClN4O2S/c1-2-3-4-8-21-14-13(19-16(18)20-14)15(23)22(17(21)24)9-5-6-12-7-10-25-11-12/h7,10-11H,2-6,8-9H2,1H3,(H,19,20). The number of rotatable bonds is 8. The van der Waals surface area contributed by atoms with Crippen molar-refractivity contribution in [2.45, 2.75) is 52.1 Å². The van der Waals surface area contributed by atoms with Crippen LogP contribution in [0.15, 0.2) is 26.4 Å². The lowest BCUT2D eigenvalue weighted by atomic mass is 10.2. The van der Waals surface area contributed by atoms with Crippen LogP contribution < -0.4 is 11.2 Å². The van der Waals surface area contributed by atoms with Gasteiger partial charge in [-0.15, -0.1) is 0 Å². The molecule has 134 valence electrons. The molecule has 6 nitrogen and oxygen atoms in total. The molecule has 0 saturated heterocycles. The van der Waals surface area contributed by atoms with Crippen molar-refractivity contribution in [1.82, 2.24) is 19.1 Å². The maximum Gasteiger partial charge on any atom is 0.332 e. The molecule has 25 heavy (non-hydrogen) atoms. The Hall–Kier alpha value is -1.86. The van der Waals surface area contributed by atoms with E-state index in [9.17, 15) is 9.59 Å². The minimum atomic E-state index is -0.350. The Kier molecular flexibility index (Phi) is 5.75. The van der Waals surface area contributed by atoms with E-state index in [4.69, 9.17) is 11.6 Å². The van der Waals surface area contributed by atoms with Gasteiger partial charge in [-0.1, -0.05) is 19.8 Å². The maximum absolute atomic E-state index is 12.8. The second kappa shape index (κ2) is 8.01. The lowest BCUT2D eigenvalue weighted by Crippen LogP contribution is -2.40. The molecule has 0 aliphatic carbocycles. The number of thiophene rings is 1. The lowest BCUT2D eigenvalue weighted by Gasteiger charge is -2.11. The molecule has 0 bridgehead atoms. The van der Waals surface area contributed by atoms with Crippen LogP contribution in [0.2, 0.25) is 5.28 Å². The number of imidazole rings is 1. The van der Waals surface area contributed by atoms with Crippen LogP contribution in [0.1, 0.15) is 38.2 Å². The summed E-state index contributed by atoms with van der Waals surface area (Å²) in [6.45, 7) is 3.03. The van der Waals surface area contributed by atoms with Crippen molar-refractivity contribution in [3.8, 4) is 0 Å². The number of nitrogens with zero attached hydrogens (tertiary/aromatic N) is 3. The van der Waals surface area contributed by atoms with Crippen LogP contribution in [0.3, 0.4) is 0 Å². The highest BCUT2D eigenvalue weighted by atomic mass is 35.5. The van der Waals surface area contributed by atoms with Crippen molar-refractivity contribution < 1.29 is 0 Å². The Morgan fingerprint density at radius 1 is 1.20 bits per heavy atom. The van der Waals surface area contributed by atoms with Gasteiger partial charge in [0.25, 0.3) is 5.56 Å². The average Bonchev–Trinajstić information content (AvgIpc) is 3.23. The zero-order valence-corrected chi connectivity index (χ0v) is 15.7. The number of halogens is 1. The Labute approximate surface area is 154 Å². The van der Waals surface area contributed by atoms with E-state index in [1.54, 1.807) is 15.9 Å². The molecule has 3 aromatic heterocycles. The molecule has 0 amide bonds. The SMILES string of the molecule is CCCCCn1c(=O)n(CCCc2ccsc2)c(=O)c2[nH]c(Cl)nc21. The first-order valence-electron chi connectivity index (χ1n) is 8.51. The number of fused-ring (bicyclic) bond motifs is 1. The fourth-order valence-corrected chi connectivity index (χ4v) is 3.81. The molecule has 0 aromatic carbocycles. The maximum atomic E-state index is 12.8. The second-order valence-electron chi connectivity index (χ2n) is 6.06. The van der Waals surface area contributed by atoms with Gasteiger partial charge < -0.3 is 4.98 Å². The van der Waals surface area contributed by atoms with Gasteiger partial charge >= 0.3 is 5.69 Å². The quantitative estimate of drug-likeness (QED) is 0.480. The number of H-pyrrole nitrogens is 1. The topological polar surface area (TPSA) is 72.7 Å².